The first kappa shape index (κ1) is 18.9. The van der Waals surface area contributed by atoms with Gasteiger partial charge in [0.2, 0.25) is 0 Å². The number of carboxylic acid groups (broad SMARTS) is 1. The molecule has 20 heavy (non-hydrogen) atoms. The predicted molar refractivity (Wildman–Crippen MR) is 83.0 cm³/mol. The van der Waals surface area contributed by atoms with Crippen LogP contribution in [0.25, 0.3) is 0 Å². The van der Waals surface area contributed by atoms with Crippen molar-refractivity contribution >= 4 is 5.97 Å². The Balaban J connectivity index is 3.16. The highest BCUT2D eigenvalue weighted by Gasteiger charge is 1.92. The van der Waals surface area contributed by atoms with Crippen LogP contribution in [0.4, 0.5) is 0 Å². The molecule has 116 valence electrons. The van der Waals surface area contributed by atoms with Crippen LogP contribution < -0.4 is 0 Å². The SMILES string of the molecule is CCCCCCCCCOCCC=C=CCCC(=O)O. The first-order valence-electron chi connectivity index (χ1n) is 7.96. The van der Waals surface area contributed by atoms with Gasteiger partial charge in [-0.3, -0.25) is 4.79 Å². The Morgan fingerprint density at radius 3 is 2.35 bits per heavy atom. The molecule has 0 aromatic heterocycles. The van der Waals surface area contributed by atoms with E-state index in [1.165, 1.54) is 38.5 Å². The maximum atomic E-state index is 10.3. The fraction of sp³-hybridized carbons (Fsp3) is 0.765. The van der Waals surface area contributed by atoms with Gasteiger partial charge in [0.05, 0.1) is 6.61 Å². The highest BCUT2D eigenvalue weighted by Crippen LogP contribution is 2.06. The molecule has 3 nitrogen and oxygen atoms in total. The fourth-order valence-electron chi connectivity index (χ4n) is 1.85. The average molecular weight is 282 g/mol. The van der Waals surface area contributed by atoms with Gasteiger partial charge in [-0.15, -0.1) is 5.73 Å². The summed E-state index contributed by atoms with van der Waals surface area (Å²) >= 11 is 0. The third-order valence-corrected chi connectivity index (χ3v) is 3.04. The Morgan fingerprint density at radius 1 is 1.00 bits per heavy atom. The first-order valence-corrected chi connectivity index (χ1v) is 7.96. The highest BCUT2D eigenvalue weighted by molar-refractivity contribution is 5.66. The third kappa shape index (κ3) is 16.9. The van der Waals surface area contributed by atoms with E-state index in [0.29, 0.717) is 6.42 Å². The van der Waals surface area contributed by atoms with Gasteiger partial charge in [0.1, 0.15) is 0 Å². The van der Waals surface area contributed by atoms with Crippen molar-refractivity contribution in [3.8, 4) is 0 Å². The lowest BCUT2D eigenvalue weighted by atomic mass is 10.1. The van der Waals surface area contributed by atoms with Crippen molar-refractivity contribution in [1.29, 1.82) is 0 Å². The van der Waals surface area contributed by atoms with Gasteiger partial charge in [-0.2, -0.15) is 0 Å². The molecule has 0 aliphatic rings. The number of unbranched alkanes of at least 4 members (excludes halogenated alkanes) is 6. The van der Waals surface area contributed by atoms with E-state index >= 15 is 0 Å². The summed E-state index contributed by atoms with van der Waals surface area (Å²) in [6, 6.07) is 0. The van der Waals surface area contributed by atoms with E-state index in [9.17, 15) is 4.79 Å². The molecule has 0 amide bonds. The molecule has 0 aliphatic carbocycles. The van der Waals surface area contributed by atoms with Gasteiger partial charge in [0.25, 0.3) is 0 Å². The van der Waals surface area contributed by atoms with Crippen LogP contribution in [0.3, 0.4) is 0 Å². The lowest BCUT2D eigenvalue weighted by Gasteiger charge is -2.02. The first-order chi connectivity index (χ1) is 9.77. The molecule has 3 heteroatoms. The fourth-order valence-corrected chi connectivity index (χ4v) is 1.85. The third-order valence-electron chi connectivity index (χ3n) is 3.04. The van der Waals surface area contributed by atoms with E-state index in [4.69, 9.17) is 9.84 Å². The summed E-state index contributed by atoms with van der Waals surface area (Å²) in [4.78, 5) is 10.3. The number of carboxylic acids is 1. The molecule has 0 atom stereocenters. The highest BCUT2D eigenvalue weighted by atomic mass is 16.5. The monoisotopic (exact) mass is 282 g/mol. The Hall–Kier alpha value is -1.05. The number of rotatable bonds is 14. The molecule has 0 saturated heterocycles. The molecule has 0 rings (SSSR count). The van der Waals surface area contributed by atoms with Crippen LogP contribution in [0.2, 0.25) is 0 Å². The van der Waals surface area contributed by atoms with E-state index in [1.807, 2.05) is 6.08 Å². The number of carbonyl (C=O) groups is 1. The van der Waals surface area contributed by atoms with Crippen molar-refractivity contribution in [2.45, 2.75) is 71.1 Å². The quantitative estimate of drug-likeness (QED) is 0.370. The van der Waals surface area contributed by atoms with Gasteiger partial charge >= 0.3 is 5.97 Å². The van der Waals surface area contributed by atoms with E-state index in [1.54, 1.807) is 6.08 Å². The average Bonchev–Trinajstić information content (AvgIpc) is 2.43. The zero-order chi connectivity index (χ0) is 14.9. The van der Waals surface area contributed by atoms with Gasteiger partial charge in [-0.25, -0.2) is 0 Å². The molecule has 0 heterocycles. The van der Waals surface area contributed by atoms with Crippen molar-refractivity contribution in [3.63, 3.8) is 0 Å². The summed E-state index contributed by atoms with van der Waals surface area (Å²) in [7, 11) is 0. The van der Waals surface area contributed by atoms with Crippen LogP contribution in [-0.2, 0) is 9.53 Å². The Kier molecular flexibility index (Phi) is 15.2. The van der Waals surface area contributed by atoms with Crippen LogP contribution in [0.15, 0.2) is 17.9 Å². The van der Waals surface area contributed by atoms with E-state index in [-0.39, 0.29) is 6.42 Å². The second-order valence-corrected chi connectivity index (χ2v) is 5.03. The lowest BCUT2D eigenvalue weighted by Crippen LogP contribution is -1.95. The van der Waals surface area contributed by atoms with Gasteiger partial charge < -0.3 is 9.84 Å². The van der Waals surface area contributed by atoms with Gasteiger partial charge in [-0.05, 0) is 31.4 Å². The summed E-state index contributed by atoms with van der Waals surface area (Å²) in [5.74, 6) is -0.763. The minimum atomic E-state index is -0.763. The predicted octanol–water partition coefficient (Wildman–Crippen LogP) is 4.72. The molecule has 0 saturated carbocycles. The summed E-state index contributed by atoms with van der Waals surface area (Å²) < 4.78 is 5.53. The minimum absolute atomic E-state index is 0.176. The maximum Gasteiger partial charge on any atom is 0.303 e. The standard InChI is InChI=1S/C17H30O3/c1-2-3-4-5-6-9-12-15-20-16-13-10-7-8-11-14-17(18)19/h8,10H,2-6,9,11-16H2,1H3,(H,18,19). The summed E-state index contributed by atoms with van der Waals surface area (Å²) in [5, 5.41) is 8.44. The zero-order valence-corrected chi connectivity index (χ0v) is 12.9. The molecular weight excluding hydrogens is 252 g/mol. The van der Waals surface area contributed by atoms with Crippen molar-refractivity contribution < 1.29 is 14.6 Å². The topological polar surface area (TPSA) is 46.5 Å². The van der Waals surface area contributed by atoms with Crippen LogP contribution in [-0.4, -0.2) is 24.3 Å². The van der Waals surface area contributed by atoms with E-state index in [0.717, 1.165) is 26.1 Å². The molecule has 1 N–H and O–H groups in total. The van der Waals surface area contributed by atoms with Crippen molar-refractivity contribution in [3.05, 3.63) is 17.9 Å². The number of hydrogen-bond donors (Lipinski definition) is 1. The van der Waals surface area contributed by atoms with Gasteiger partial charge in [-0.1, -0.05) is 45.4 Å². The minimum Gasteiger partial charge on any atom is -0.481 e. The molecule has 0 spiro atoms. The summed E-state index contributed by atoms with van der Waals surface area (Å²) in [6.45, 7) is 3.82. The largest absolute Gasteiger partial charge is 0.481 e. The second-order valence-electron chi connectivity index (χ2n) is 5.03. The molecule has 0 aromatic rings. The summed E-state index contributed by atoms with van der Waals surface area (Å²) in [6.07, 6.45) is 14.4. The molecule has 0 radical (unpaired) electrons. The Labute approximate surface area is 123 Å². The van der Waals surface area contributed by atoms with Gasteiger partial charge in [0, 0.05) is 13.0 Å². The van der Waals surface area contributed by atoms with Crippen molar-refractivity contribution in [2.24, 2.45) is 0 Å². The van der Waals surface area contributed by atoms with E-state index < -0.39 is 5.97 Å². The van der Waals surface area contributed by atoms with Crippen LogP contribution in [0.1, 0.15) is 71.1 Å². The maximum absolute atomic E-state index is 10.3. The zero-order valence-electron chi connectivity index (χ0n) is 12.9. The Bertz CT molecular complexity index is 278. The lowest BCUT2D eigenvalue weighted by molar-refractivity contribution is -0.136. The van der Waals surface area contributed by atoms with Crippen molar-refractivity contribution in [2.75, 3.05) is 13.2 Å². The van der Waals surface area contributed by atoms with E-state index in [2.05, 4.69) is 12.7 Å². The number of ether oxygens (including phenoxy) is 1. The summed E-state index contributed by atoms with van der Waals surface area (Å²) in [5.41, 5.74) is 2.98. The van der Waals surface area contributed by atoms with Crippen LogP contribution in [0, 0.1) is 0 Å². The molecule has 0 bridgehead atoms. The molecular formula is C17H30O3. The van der Waals surface area contributed by atoms with Gasteiger partial charge in [0.15, 0.2) is 0 Å². The normalized spacial score (nSPS) is 10.1. The molecule has 0 unspecified atom stereocenters. The Morgan fingerprint density at radius 2 is 1.65 bits per heavy atom. The van der Waals surface area contributed by atoms with Crippen molar-refractivity contribution in [1.82, 2.24) is 0 Å². The van der Waals surface area contributed by atoms with Crippen LogP contribution >= 0.6 is 0 Å². The molecule has 0 fully saturated rings. The molecule has 0 aromatic carbocycles. The smallest absolute Gasteiger partial charge is 0.303 e. The number of aliphatic carboxylic acids is 1. The van der Waals surface area contributed by atoms with Crippen LogP contribution in [0.5, 0.6) is 0 Å². The molecule has 0 aliphatic heterocycles. The number of hydrogen-bond acceptors (Lipinski definition) is 2. The second kappa shape index (κ2) is 16.0.